The number of rotatable bonds is 3. The molecular formula is C22H17N3O. The zero-order valence-electron chi connectivity index (χ0n) is 14.3. The van der Waals surface area contributed by atoms with Gasteiger partial charge in [-0.05, 0) is 59.5 Å². The van der Waals surface area contributed by atoms with Gasteiger partial charge in [-0.1, -0.05) is 18.2 Å². The minimum absolute atomic E-state index is 0.620. The van der Waals surface area contributed by atoms with Gasteiger partial charge in [-0.2, -0.15) is 0 Å². The highest BCUT2D eigenvalue weighted by Gasteiger charge is 2.12. The molecule has 1 aromatic heterocycles. The van der Waals surface area contributed by atoms with Gasteiger partial charge in [0.25, 0.3) is 0 Å². The van der Waals surface area contributed by atoms with Gasteiger partial charge in [0, 0.05) is 23.1 Å². The van der Waals surface area contributed by atoms with Crippen molar-refractivity contribution >= 4 is 22.3 Å². The van der Waals surface area contributed by atoms with Gasteiger partial charge in [0.1, 0.15) is 5.75 Å². The number of aromatic nitrogens is 1. The average molecular weight is 339 g/mol. The topological polar surface area (TPSA) is 44.5 Å². The first kappa shape index (κ1) is 15.8. The molecule has 0 bridgehead atoms. The van der Waals surface area contributed by atoms with Gasteiger partial charge in [-0.25, -0.2) is 4.85 Å². The van der Waals surface area contributed by atoms with Crippen LogP contribution < -0.4 is 10.5 Å². The van der Waals surface area contributed by atoms with E-state index in [2.05, 4.69) is 15.6 Å². The summed E-state index contributed by atoms with van der Waals surface area (Å²) in [5, 5.41) is 1.03. The Labute approximate surface area is 151 Å². The smallest absolute Gasteiger partial charge is 0.188 e. The predicted octanol–water partition coefficient (Wildman–Crippen LogP) is 5.44. The third-order valence-corrected chi connectivity index (χ3v) is 4.47. The third-order valence-electron chi connectivity index (χ3n) is 4.47. The molecule has 4 heteroatoms. The first-order chi connectivity index (χ1) is 12.7. The quantitative estimate of drug-likeness (QED) is 0.399. The summed E-state index contributed by atoms with van der Waals surface area (Å²) in [6.45, 7) is 7.33. The molecule has 1 heterocycles. The fraction of sp³-hybridized carbons (Fsp3) is 0.0455. The summed E-state index contributed by atoms with van der Waals surface area (Å²) < 4.78 is 7.38. The minimum atomic E-state index is 0.620. The SMILES string of the molecule is [C-]#[N+]c1ccc2c(c1)c(-c1cccc(N)c1)cn2-c1ccc(OC)cc1. The van der Waals surface area contributed by atoms with Crippen LogP contribution >= 0.6 is 0 Å². The fourth-order valence-corrected chi connectivity index (χ4v) is 3.18. The first-order valence-electron chi connectivity index (χ1n) is 8.22. The van der Waals surface area contributed by atoms with E-state index in [9.17, 15) is 0 Å². The second-order valence-electron chi connectivity index (χ2n) is 6.05. The maximum atomic E-state index is 7.33. The van der Waals surface area contributed by atoms with Crippen LogP contribution in [0.5, 0.6) is 5.75 Å². The summed E-state index contributed by atoms with van der Waals surface area (Å²) in [4.78, 5) is 3.58. The number of ether oxygens (including phenoxy) is 1. The number of benzene rings is 3. The lowest BCUT2D eigenvalue weighted by Gasteiger charge is -2.06. The van der Waals surface area contributed by atoms with Crippen molar-refractivity contribution in [3.8, 4) is 22.6 Å². The number of hydrogen-bond donors (Lipinski definition) is 1. The Morgan fingerprint density at radius 3 is 2.50 bits per heavy atom. The van der Waals surface area contributed by atoms with Crippen molar-refractivity contribution in [2.45, 2.75) is 0 Å². The zero-order chi connectivity index (χ0) is 18.1. The van der Waals surface area contributed by atoms with Crippen LogP contribution in [0, 0.1) is 6.57 Å². The van der Waals surface area contributed by atoms with E-state index in [1.807, 2.05) is 66.7 Å². The highest BCUT2D eigenvalue weighted by Crippen LogP contribution is 2.35. The van der Waals surface area contributed by atoms with Gasteiger partial charge in [0.2, 0.25) is 0 Å². The molecule has 0 amide bonds. The van der Waals surface area contributed by atoms with E-state index in [4.69, 9.17) is 17.0 Å². The molecule has 4 nitrogen and oxygen atoms in total. The van der Waals surface area contributed by atoms with Crippen molar-refractivity contribution in [2.75, 3.05) is 12.8 Å². The van der Waals surface area contributed by atoms with E-state index in [1.54, 1.807) is 7.11 Å². The molecule has 26 heavy (non-hydrogen) atoms. The molecule has 3 aromatic carbocycles. The Bertz CT molecular complexity index is 1130. The molecule has 126 valence electrons. The zero-order valence-corrected chi connectivity index (χ0v) is 14.3. The van der Waals surface area contributed by atoms with E-state index in [0.29, 0.717) is 11.4 Å². The molecule has 0 aliphatic rings. The van der Waals surface area contributed by atoms with Crippen molar-refractivity contribution in [2.24, 2.45) is 0 Å². The summed E-state index contributed by atoms with van der Waals surface area (Å²) in [6, 6.07) is 21.5. The largest absolute Gasteiger partial charge is 0.497 e. The minimum Gasteiger partial charge on any atom is -0.497 e. The molecule has 4 aromatic rings. The maximum Gasteiger partial charge on any atom is 0.188 e. The Morgan fingerprint density at radius 2 is 1.81 bits per heavy atom. The van der Waals surface area contributed by atoms with Crippen LogP contribution in [0.4, 0.5) is 11.4 Å². The Morgan fingerprint density at radius 1 is 1.00 bits per heavy atom. The van der Waals surface area contributed by atoms with E-state index in [1.165, 1.54) is 0 Å². The monoisotopic (exact) mass is 339 g/mol. The van der Waals surface area contributed by atoms with Crippen LogP contribution in [0.15, 0.2) is 72.9 Å². The molecule has 0 atom stereocenters. The van der Waals surface area contributed by atoms with Gasteiger partial charge in [0.15, 0.2) is 5.69 Å². The lowest BCUT2D eigenvalue weighted by molar-refractivity contribution is 0.415. The van der Waals surface area contributed by atoms with Gasteiger partial charge < -0.3 is 15.0 Å². The standard InChI is InChI=1S/C22H17N3O/c1-24-17-6-11-22-20(13-17)21(15-4-3-5-16(23)12-15)14-25(22)18-7-9-19(26-2)10-8-18/h3-14H,23H2,2H3. The number of anilines is 1. The van der Waals surface area contributed by atoms with Gasteiger partial charge in [-0.15, -0.1) is 0 Å². The molecule has 0 radical (unpaired) electrons. The summed E-state index contributed by atoms with van der Waals surface area (Å²) in [5.74, 6) is 0.816. The fourth-order valence-electron chi connectivity index (χ4n) is 3.18. The summed E-state index contributed by atoms with van der Waals surface area (Å²) >= 11 is 0. The van der Waals surface area contributed by atoms with Crippen molar-refractivity contribution in [1.82, 2.24) is 4.57 Å². The molecule has 0 spiro atoms. The van der Waals surface area contributed by atoms with Crippen LogP contribution in [0.25, 0.3) is 32.6 Å². The molecule has 0 aliphatic heterocycles. The Balaban J connectivity index is 1.98. The molecule has 4 rings (SSSR count). The van der Waals surface area contributed by atoms with Crippen LogP contribution in [0.3, 0.4) is 0 Å². The number of methoxy groups -OCH3 is 1. The number of nitrogen functional groups attached to an aromatic ring is 1. The molecule has 2 N–H and O–H groups in total. The van der Waals surface area contributed by atoms with E-state index in [0.717, 1.165) is 33.5 Å². The molecule has 0 saturated heterocycles. The lowest BCUT2D eigenvalue weighted by Crippen LogP contribution is -1.92. The Hall–Kier alpha value is -3.71. The first-order valence-corrected chi connectivity index (χ1v) is 8.22. The van der Waals surface area contributed by atoms with Crippen molar-refractivity contribution in [3.05, 3.63) is 84.3 Å². The predicted molar refractivity (Wildman–Crippen MR) is 106 cm³/mol. The number of hydrogen-bond acceptors (Lipinski definition) is 2. The molecule has 0 fully saturated rings. The molecule has 0 unspecified atom stereocenters. The van der Waals surface area contributed by atoms with Crippen LogP contribution in [-0.4, -0.2) is 11.7 Å². The molecule has 0 saturated carbocycles. The molecule has 0 aliphatic carbocycles. The maximum absolute atomic E-state index is 7.33. The lowest BCUT2D eigenvalue weighted by atomic mass is 10.0. The highest BCUT2D eigenvalue weighted by atomic mass is 16.5. The number of nitrogens with two attached hydrogens (primary N) is 1. The normalized spacial score (nSPS) is 10.6. The second-order valence-corrected chi connectivity index (χ2v) is 6.05. The van der Waals surface area contributed by atoms with Gasteiger partial charge in [0.05, 0.1) is 19.2 Å². The average Bonchev–Trinajstić information content (AvgIpc) is 3.06. The van der Waals surface area contributed by atoms with Crippen LogP contribution in [0.1, 0.15) is 0 Å². The van der Waals surface area contributed by atoms with Crippen molar-refractivity contribution < 1.29 is 4.74 Å². The van der Waals surface area contributed by atoms with E-state index >= 15 is 0 Å². The number of nitrogens with zero attached hydrogens (tertiary/aromatic N) is 2. The second kappa shape index (κ2) is 6.30. The van der Waals surface area contributed by atoms with E-state index < -0.39 is 0 Å². The van der Waals surface area contributed by atoms with Gasteiger partial charge >= 0.3 is 0 Å². The van der Waals surface area contributed by atoms with E-state index in [-0.39, 0.29) is 0 Å². The van der Waals surface area contributed by atoms with Gasteiger partial charge in [-0.3, -0.25) is 0 Å². The third kappa shape index (κ3) is 2.66. The van der Waals surface area contributed by atoms with Crippen molar-refractivity contribution in [1.29, 1.82) is 0 Å². The summed E-state index contributed by atoms with van der Waals surface area (Å²) in [6.07, 6.45) is 2.09. The number of fused-ring (bicyclic) bond motifs is 1. The summed E-state index contributed by atoms with van der Waals surface area (Å²) in [5.41, 5.74) is 11.5. The molecular weight excluding hydrogens is 322 g/mol. The Kier molecular flexibility index (Phi) is 3.83. The van der Waals surface area contributed by atoms with Crippen molar-refractivity contribution in [3.63, 3.8) is 0 Å². The van der Waals surface area contributed by atoms with Crippen LogP contribution in [-0.2, 0) is 0 Å². The summed E-state index contributed by atoms with van der Waals surface area (Å²) in [7, 11) is 1.66. The van der Waals surface area contributed by atoms with Crippen LogP contribution in [0.2, 0.25) is 0 Å². The highest BCUT2D eigenvalue weighted by molar-refractivity contribution is 5.99.